The summed E-state index contributed by atoms with van der Waals surface area (Å²) in [5.41, 5.74) is 0. The van der Waals surface area contributed by atoms with Crippen LogP contribution < -0.4 is 0 Å². The van der Waals surface area contributed by atoms with Gasteiger partial charge in [0.1, 0.15) is 0 Å². The molecule has 88 valence electrons. The maximum atomic E-state index is 13.0. The second-order valence-corrected chi connectivity index (χ2v) is 10.6. The van der Waals surface area contributed by atoms with Crippen molar-refractivity contribution in [2.24, 2.45) is 0 Å². The van der Waals surface area contributed by atoms with Crippen molar-refractivity contribution >= 4 is 17.7 Å². The summed E-state index contributed by atoms with van der Waals surface area (Å²) in [4.78, 5) is 0. The molecule has 0 aromatic carbocycles. The monoisotopic (exact) mass is 248 g/mol. The van der Waals surface area contributed by atoms with Gasteiger partial charge >= 0.3 is 0 Å². The molecule has 2 aliphatic rings. The molecule has 3 heteroatoms. The van der Waals surface area contributed by atoms with Crippen LogP contribution in [-0.4, -0.2) is 10.3 Å². The van der Waals surface area contributed by atoms with Gasteiger partial charge in [-0.1, -0.05) is 50.8 Å². The second-order valence-electron chi connectivity index (χ2n) is 5.94. The molecule has 0 aromatic rings. The summed E-state index contributed by atoms with van der Waals surface area (Å²) in [5.74, 6) is 0. The summed E-state index contributed by atoms with van der Waals surface area (Å²) in [6.07, 6.45) is 9.14. The Kier molecular flexibility index (Phi) is 3.02. The number of hydrogen-bond acceptors (Lipinski definition) is 1. The largest absolute Gasteiger partial charge is 0.305 e. The van der Waals surface area contributed by atoms with Gasteiger partial charge in [0, 0.05) is 10.3 Å². The molecule has 0 atom stereocenters. The molecule has 0 radical (unpaired) electrons. The molecular weight excluding hydrogens is 227 g/mol. The highest BCUT2D eigenvalue weighted by molar-refractivity contribution is 7.91. The molecule has 0 heterocycles. The van der Waals surface area contributed by atoms with Gasteiger partial charge in [0.05, 0.1) is 0 Å². The Bertz CT molecular complexity index is 262. The van der Waals surface area contributed by atoms with Crippen LogP contribution in [0.15, 0.2) is 0 Å². The minimum atomic E-state index is -2.54. The highest BCUT2D eigenvalue weighted by atomic mass is 35.7. The van der Waals surface area contributed by atoms with E-state index in [0.29, 0.717) is 0 Å². The van der Waals surface area contributed by atoms with E-state index in [1.54, 1.807) is 0 Å². The molecule has 0 amide bonds. The fourth-order valence-electron chi connectivity index (χ4n) is 3.50. The van der Waals surface area contributed by atoms with E-state index in [1.165, 1.54) is 25.7 Å². The highest BCUT2D eigenvalue weighted by Gasteiger charge is 2.55. The standard InChI is InChI=1S/C12H22ClOP/c1-11(7-3-4-8-11)15(13,14)12(2)9-5-6-10-12/h3-10H2,1-2H3. The van der Waals surface area contributed by atoms with Crippen molar-refractivity contribution < 1.29 is 4.57 Å². The average molecular weight is 249 g/mol. The highest BCUT2D eigenvalue weighted by Crippen LogP contribution is 2.78. The molecule has 2 rings (SSSR count). The van der Waals surface area contributed by atoms with Gasteiger partial charge in [0.2, 0.25) is 0 Å². The van der Waals surface area contributed by atoms with E-state index < -0.39 is 6.49 Å². The van der Waals surface area contributed by atoms with Crippen molar-refractivity contribution in [3.63, 3.8) is 0 Å². The van der Waals surface area contributed by atoms with Gasteiger partial charge in [-0.3, -0.25) is 0 Å². The predicted octanol–water partition coefficient (Wildman–Crippen LogP) is 5.17. The van der Waals surface area contributed by atoms with Crippen LogP contribution in [0.5, 0.6) is 0 Å². The van der Waals surface area contributed by atoms with Crippen molar-refractivity contribution in [2.45, 2.75) is 75.5 Å². The minimum Gasteiger partial charge on any atom is -0.305 e. The van der Waals surface area contributed by atoms with Crippen molar-refractivity contribution in [3.05, 3.63) is 0 Å². The first kappa shape index (κ1) is 12.0. The van der Waals surface area contributed by atoms with Gasteiger partial charge in [-0.05, 0) is 25.7 Å². The lowest BCUT2D eigenvalue weighted by molar-refractivity contribution is 0.494. The molecule has 0 aromatic heterocycles. The van der Waals surface area contributed by atoms with Crippen LogP contribution in [-0.2, 0) is 4.57 Å². The van der Waals surface area contributed by atoms with Crippen LogP contribution >= 0.6 is 17.7 Å². The quantitative estimate of drug-likeness (QED) is 0.616. The van der Waals surface area contributed by atoms with Crippen LogP contribution in [0, 0.1) is 0 Å². The molecule has 1 nitrogen and oxygen atoms in total. The fraction of sp³-hybridized carbons (Fsp3) is 1.00. The van der Waals surface area contributed by atoms with Crippen LogP contribution in [0.2, 0.25) is 0 Å². The maximum Gasteiger partial charge on any atom is 0.180 e. The summed E-state index contributed by atoms with van der Waals surface area (Å²) in [6.45, 7) is 1.79. The lowest BCUT2D eigenvalue weighted by atomic mass is 10.1. The smallest absolute Gasteiger partial charge is 0.180 e. The van der Waals surface area contributed by atoms with E-state index in [4.69, 9.17) is 11.2 Å². The zero-order valence-corrected chi connectivity index (χ0v) is 11.5. The Morgan fingerprint density at radius 2 is 1.13 bits per heavy atom. The molecule has 0 aliphatic heterocycles. The third-order valence-corrected chi connectivity index (χ3v) is 10.9. The summed E-state index contributed by atoms with van der Waals surface area (Å²) in [5, 5.41) is -0.124. The molecule has 0 saturated heterocycles. The Morgan fingerprint density at radius 3 is 1.40 bits per heavy atom. The fourth-order valence-corrected chi connectivity index (χ4v) is 7.60. The van der Waals surface area contributed by atoms with Gasteiger partial charge in [-0.2, -0.15) is 0 Å². The number of hydrogen-bond donors (Lipinski definition) is 0. The zero-order chi connectivity index (χ0) is 11.2. The van der Waals surface area contributed by atoms with Crippen LogP contribution in [0.25, 0.3) is 0 Å². The van der Waals surface area contributed by atoms with Gasteiger partial charge in [0.25, 0.3) is 0 Å². The Labute approximate surface area is 98.1 Å². The normalized spacial score (nSPS) is 29.5. The Morgan fingerprint density at radius 1 is 0.867 bits per heavy atom. The average Bonchev–Trinajstić information content (AvgIpc) is 2.76. The maximum absolute atomic E-state index is 13.0. The summed E-state index contributed by atoms with van der Waals surface area (Å²) < 4.78 is 13.0. The molecule has 2 aliphatic carbocycles. The van der Waals surface area contributed by atoms with E-state index in [-0.39, 0.29) is 10.3 Å². The van der Waals surface area contributed by atoms with Crippen molar-refractivity contribution in [2.75, 3.05) is 0 Å². The van der Waals surface area contributed by atoms with Crippen molar-refractivity contribution in [3.8, 4) is 0 Å². The van der Waals surface area contributed by atoms with E-state index in [9.17, 15) is 4.57 Å². The lowest BCUT2D eigenvalue weighted by Crippen LogP contribution is -2.30. The van der Waals surface area contributed by atoms with E-state index in [0.717, 1.165) is 25.7 Å². The van der Waals surface area contributed by atoms with E-state index >= 15 is 0 Å². The van der Waals surface area contributed by atoms with Gasteiger partial charge < -0.3 is 4.57 Å². The number of halogens is 1. The Balaban J connectivity index is 2.29. The van der Waals surface area contributed by atoms with E-state index in [1.807, 2.05) is 0 Å². The minimum absolute atomic E-state index is 0.0619. The molecule has 0 N–H and O–H groups in total. The van der Waals surface area contributed by atoms with Crippen molar-refractivity contribution in [1.82, 2.24) is 0 Å². The third-order valence-electron chi connectivity index (χ3n) is 4.75. The Hall–Kier alpha value is 0.520. The predicted molar refractivity (Wildman–Crippen MR) is 67.2 cm³/mol. The molecule has 0 unspecified atom stereocenters. The topological polar surface area (TPSA) is 17.1 Å². The summed E-state index contributed by atoms with van der Waals surface area (Å²) >= 11 is 6.59. The summed E-state index contributed by atoms with van der Waals surface area (Å²) in [7, 11) is 0. The molecule has 2 saturated carbocycles. The SMILES string of the molecule is CC1(P(=O)(Cl)C2(C)CCCC2)CCCC1. The molecule has 2 fully saturated rings. The number of rotatable bonds is 2. The summed E-state index contributed by atoms with van der Waals surface area (Å²) in [6, 6.07) is 0. The molecule has 0 spiro atoms. The van der Waals surface area contributed by atoms with Gasteiger partial charge in [-0.15, -0.1) is 0 Å². The van der Waals surface area contributed by atoms with Gasteiger partial charge in [-0.25, -0.2) is 0 Å². The lowest BCUT2D eigenvalue weighted by Gasteiger charge is -2.40. The van der Waals surface area contributed by atoms with Gasteiger partial charge in [0.15, 0.2) is 6.49 Å². The molecular formula is C12H22ClOP. The van der Waals surface area contributed by atoms with E-state index in [2.05, 4.69) is 13.8 Å². The first-order chi connectivity index (χ1) is 6.91. The zero-order valence-electron chi connectivity index (χ0n) is 9.89. The molecule has 0 bridgehead atoms. The second kappa shape index (κ2) is 3.77. The van der Waals surface area contributed by atoms with Crippen LogP contribution in [0.3, 0.4) is 0 Å². The van der Waals surface area contributed by atoms with Crippen LogP contribution in [0.4, 0.5) is 0 Å². The molecule has 15 heavy (non-hydrogen) atoms. The third kappa shape index (κ3) is 1.71. The first-order valence-electron chi connectivity index (χ1n) is 6.21. The first-order valence-corrected chi connectivity index (χ1v) is 8.82. The van der Waals surface area contributed by atoms with Crippen LogP contribution in [0.1, 0.15) is 65.2 Å². The van der Waals surface area contributed by atoms with Crippen molar-refractivity contribution in [1.29, 1.82) is 0 Å².